The summed E-state index contributed by atoms with van der Waals surface area (Å²) in [6, 6.07) is 0. The largest absolute Gasteiger partial charge is 0.456 e. The number of methoxy groups -OCH3 is 1. The Morgan fingerprint density at radius 1 is 1.25 bits per heavy atom. The Labute approximate surface area is 186 Å². The number of likely N-dealkylation sites (tertiary alicyclic amines) is 2. The van der Waals surface area contributed by atoms with Crippen molar-refractivity contribution in [1.29, 1.82) is 0 Å². The maximum Gasteiger partial charge on any atom is 0.335 e. The number of cyclic esters (lactones) is 1. The van der Waals surface area contributed by atoms with E-state index in [1.54, 1.807) is 12.4 Å². The summed E-state index contributed by atoms with van der Waals surface area (Å²) < 4.78 is 12.7. The second-order valence-electron chi connectivity index (χ2n) is 8.83. The van der Waals surface area contributed by atoms with E-state index in [-0.39, 0.29) is 17.5 Å². The van der Waals surface area contributed by atoms with Crippen LogP contribution in [0.1, 0.15) is 25.5 Å². The van der Waals surface area contributed by atoms with Crippen molar-refractivity contribution in [2.75, 3.05) is 46.4 Å². The molecule has 2 aromatic heterocycles. The standard InChI is InChI=1S/C21H28N8O3/c1-15-17(12-32-20(15)30)28-8-5-21(13-28)4-7-27(11-18(21)31-2)6-3-16-9-23-19(10-22-16)29-14-24-25-26-29/h9-10,14,18H,3-8,11-13H2,1-2H3. The lowest BCUT2D eigenvalue weighted by molar-refractivity contribution is -0.136. The Balaban J connectivity index is 1.18. The molecule has 11 heteroatoms. The zero-order chi connectivity index (χ0) is 22.1. The highest BCUT2D eigenvalue weighted by molar-refractivity contribution is 5.90. The van der Waals surface area contributed by atoms with Crippen molar-refractivity contribution in [1.82, 2.24) is 40.0 Å². The van der Waals surface area contributed by atoms with Crippen LogP contribution in [0.15, 0.2) is 30.0 Å². The molecule has 2 fully saturated rings. The first-order chi connectivity index (χ1) is 15.6. The van der Waals surface area contributed by atoms with Crippen LogP contribution >= 0.6 is 0 Å². The Morgan fingerprint density at radius 2 is 2.12 bits per heavy atom. The average molecular weight is 441 g/mol. The molecule has 0 amide bonds. The molecular weight excluding hydrogens is 412 g/mol. The second kappa shape index (κ2) is 8.55. The van der Waals surface area contributed by atoms with E-state index in [9.17, 15) is 4.79 Å². The van der Waals surface area contributed by atoms with E-state index >= 15 is 0 Å². The molecular formula is C21H28N8O3. The molecule has 170 valence electrons. The first-order valence-electron chi connectivity index (χ1n) is 11.0. The molecule has 11 nitrogen and oxygen atoms in total. The number of ether oxygens (including phenoxy) is 2. The number of carbonyl (C=O) groups excluding carboxylic acids is 1. The van der Waals surface area contributed by atoms with Crippen molar-refractivity contribution < 1.29 is 14.3 Å². The highest BCUT2D eigenvalue weighted by atomic mass is 16.5. The minimum absolute atomic E-state index is 0.122. The molecule has 2 saturated heterocycles. The fraction of sp³-hybridized carbons (Fsp3) is 0.619. The van der Waals surface area contributed by atoms with Crippen LogP contribution in [0.3, 0.4) is 0 Å². The molecule has 1 spiro atoms. The lowest BCUT2D eigenvalue weighted by Gasteiger charge is -2.45. The van der Waals surface area contributed by atoms with Crippen LogP contribution < -0.4 is 0 Å². The van der Waals surface area contributed by atoms with Crippen LogP contribution in [-0.4, -0.2) is 98.5 Å². The number of piperidine rings is 1. The summed E-state index contributed by atoms with van der Waals surface area (Å²) in [7, 11) is 1.81. The van der Waals surface area contributed by atoms with Gasteiger partial charge in [0.1, 0.15) is 12.9 Å². The van der Waals surface area contributed by atoms with E-state index in [0.717, 1.165) is 69.0 Å². The van der Waals surface area contributed by atoms with Crippen LogP contribution in [0.5, 0.6) is 0 Å². The number of hydrogen-bond donors (Lipinski definition) is 0. The molecule has 2 aromatic rings. The lowest BCUT2D eigenvalue weighted by Crippen LogP contribution is -2.53. The smallest absolute Gasteiger partial charge is 0.335 e. The van der Waals surface area contributed by atoms with Gasteiger partial charge in [0, 0.05) is 45.1 Å². The SMILES string of the molecule is COC1CN(CCc2cnc(-n3cnnn3)cn2)CCC12CCN(C1=C(C)C(=O)OC1)C2. The average Bonchev–Trinajstić information content (AvgIpc) is 3.56. The molecule has 0 radical (unpaired) electrons. The monoisotopic (exact) mass is 440 g/mol. The number of hydrogen-bond acceptors (Lipinski definition) is 10. The maximum atomic E-state index is 11.8. The predicted octanol–water partition coefficient (Wildman–Crippen LogP) is 0.238. The quantitative estimate of drug-likeness (QED) is 0.579. The number of aromatic nitrogens is 6. The molecule has 0 aliphatic carbocycles. The summed E-state index contributed by atoms with van der Waals surface area (Å²) in [5.74, 6) is 0.414. The van der Waals surface area contributed by atoms with Crippen molar-refractivity contribution in [3.8, 4) is 5.82 Å². The molecule has 5 heterocycles. The first-order valence-corrected chi connectivity index (χ1v) is 11.0. The maximum absolute atomic E-state index is 11.8. The number of nitrogens with zero attached hydrogens (tertiary/aromatic N) is 8. The molecule has 2 unspecified atom stereocenters. The molecule has 0 aromatic carbocycles. The molecule has 5 rings (SSSR count). The van der Waals surface area contributed by atoms with Gasteiger partial charge in [-0.05, 0) is 36.7 Å². The highest BCUT2D eigenvalue weighted by Crippen LogP contribution is 2.43. The van der Waals surface area contributed by atoms with Gasteiger partial charge in [0.25, 0.3) is 0 Å². The molecule has 32 heavy (non-hydrogen) atoms. The molecule has 0 saturated carbocycles. The summed E-state index contributed by atoms with van der Waals surface area (Å²) in [4.78, 5) is 25.5. The lowest BCUT2D eigenvalue weighted by atomic mass is 9.75. The van der Waals surface area contributed by atoms with Crippen molar-refractivity contribution in [2.24, 2.45) is 5.41 Å². The van der Waals surface area contributed by atoms with Gasteiger partial charge in [-0.3, -0.25) is 4.98 Å². The second-order valence-corrected chi connectivity index (χ2v) is 8.83. The van der Waals surface area contributed by atoms with Gasteiger partial charge in [0.2, 0.25) is 0 Å². The van der Waals surface area contributed by atoms with E-state index < -0.39 is 0 Å². The van der Waals surface area contributed by atoms with Gasteiger partial charge in [-0.25, -0.2) is 9.78 Å². The topological polar surface area (TPSA) is 111 Å². The van der Waals surface area contributed by atoms with E-state index in [4.69, 9.17) is 9.47 Å². The fourth-order valence-corrected chi connectivity index (χ4v) is 5.11. The van der Waals surface area contributed by atoms with Crippen molar-refractivity contribution in [3.05, 3.63) is 35.7 Å². The predicted molar refractivity (Wildman–Crippen MR) is 113 cm³/mol. The van der Waals surface area contributed by atoms with Crippen LogP contribution in [0.25, 0.3) is 5.82 Å². The fourth-order valence-electron chi connectivity index (χ4n) is 5.11. The number of tetrazole rings is 1. The minimum Gasteiger partial charge on any atom is -0.456 e. The third kappa shape index (κ3) is 3.86. The summed E-state index contributed by atoms with van der Waals surface area (Å²) in [6.45, 7) is 6.97. The Hall–Kier alpha value is -2.92. The van der Waals surface area contributed by atoms with Crippen molar-refractivity contribution >= 4 is 5.97 Å². The minimum atomic E-state index is -0.187. The first kappa shape index (κ1) is 21.0. The molecule has 2 atom stereocenters. The van der Waals surface area contributed by atoms with Gasteiger partial charge in [-0.1, -0.05) is 0 Å². The molecule has 0 N–H and O–H groups in total. The van der Waals surface area contributed by atoms with Gasteiger partial charge >= 0.3 is 5.97 Å². The van der Waals surface area contributed by atoms with E-state index in [1.807, 2.05) is 14.0 Å². The third-order valence-corrected chi connectivity index (χ3v) is 7.12. The Bertz CT molecular complexity index is 993. The van der Waals surface area contributed by atoms with Crippen molar-refractivity contribution in [2.45, 2.75) is 32.3 Å². The number of rotatable bonds is 6. The summed E-state index contributed by atoms with van der Waals surface area (Å²) >= 11 is 0. The number of carbonyl (C=O) groups is 1. The van der Waals surface area contributed by atoms with Crippen molar-refractivity contribution in [3.63, 3.8) is 0 Å². The summed E-state index contributed by atoms with van der Waals surface area (Å²) in [6.07, 6.45) is 8.11. The Morgan fingerprint density at radius 3 is 2.81 bits per heavy atom. The van der Waals surface area contributed by atoms with Gasteiger partial charge in [0.05, 0.1) is 35.5 Å². The summed E-state index contributed by atoms with van der Waals surface area (Å²) in [5, 5.41) is 11.1. The van der Waals surface area contributed by atoms with Crippen LogP contribution in [-0.2, 0) is 20.7 Å². The van der Waals surface area contributed by atoms with E-state index in [2.05, 4.69) is 35.3 Å². The highest BCUT2D eigenvalue weighted by Gasteiger charge is 2.48. The van der Waals surface area contributed by atoms with Crippen LogP contribution in [0.2, 0.25) is 0 Å². The molecule has 3 aliphatic heterocycles. The summed E-state index contributed by atoms with van der Waals surface area (Å²) in [5.41, 5.74) is 2.86. The van der Waals surface area contributed by atoms with Gasteiger partial charge in [-0.2, -0.15) is 4.68 Å². The zero-order valence-electron chi connectivity index (χ0n) is 18.5. The van der Waals surface area contributed by atoms with Crippen LogP contribution in [0.4, 0.5) is 0 Å². The van der Waals surface area contributed by atoms with E-state index in [0.29, 0.717) is 12.4 Å². The van der Waals surface area contributed by atoms with Gasteiger partial charge < -0.3 is 19.3 Å². The van der Waals surface area contributed by atoms with Gasteiger partial charge in [0.15, 0.2) is 5.82 Å². The third-order valence-electron chi connectivity index (χ3n) is 7.12. The van der Waals surface area contributed by atoms with Crippen LogP contribution in [0, 0.1) is 5.41 Å². The van der Waals surface area contributed by atoms with E-state index in [1.165, 1.54) is 11.0 Å². The normalized spacial score (nSPS) is 26.4. The Kier molecular flexibility index (Phi) is 5.60. The zero-order valence-corrected chi connectivity index (χ0v) is 18.5. The molecule has 3 aliphatic rings. The molecule has 0 bridgehead atoms. The van der Waals surface area contributed by atoms with Gasteiger partial charge in [-0.15, -0.1) is 5.10 Å². The number of esters is 1.